The van der Waals surface area contributed by atoms with Crippen LogP contribution >= 0.6 is 11.8 Å². The fourth-order valence-corrected chi connectivity index (χ4v) is 4.36. The van der Waals surface area contributed by atoms with Gasteiger partial charge in [0.2, 0.25) is 11.8 Å². The van der Waals surface area contributed by atoms with Crippen molar-refractivity contribution in [1.29, 1.82) is 0 Å². The van der Waals surface area contributed by atoms with E-state index >= 15 is 0 Å². The van der Waals surface area contributed by atoms with Crippen LogP contribution in [0.25, 0.3) is 11.0 Å². The highest BCUT2D eigenvalue weighted by atomic mass is 32.2. The van der Waals surface area contributed by atoms with E-state index in [0.29, 0.717) is 17.9 Å². The Morgan fingerprint density at radius 2 is 1.88 bits per heavy atom. The van der Waals surface area contributed by atoms with E-state index in [9.17, 15) is 9.59 Å². The molecule has 164 valence electrons. The molecule has 0 spiro atoms. The maximum atomic E-state index is 12.5. The van der Waals surface area contributed by atoms with E-state index in [1.165, 1.54) is 25.0 Å². The molecular formula is C23H23N5O3S. The molecule has 0 aliphatic rings. The Morgan fingerprint density at radius 1 is 1.09 bits per heavy atom. The van der Waals surface area contributed by atoms with Crippen LogP contribution in [-0.4, -0.2) is 32.1 Å². The van der Waals surface area contributed by atoms with Crippen molar-refractivity contribution in [1.82, 2.24) is 14.5 Å². The molecule has 2 N–H and O–H groups in total. The quantitative estimate of drug-likeness (QED) is 0.321. The van der Waals surface area contributed by atoms with Gasteiger partial charge < -0.3 is 19.6 Å². The van der Waals surface area contributed by atoms with E-state index < -0.39 is 0 Å². The van der Waals surface area contributed by atoms with Gasteiger partial charge in [-0.05, 0) is 49.7 Å². The molecule has 0 aliphatic carbocycles. The number of anilines is 2. The minimum absolute atomic E-state index is 0.161. The Kier molecular flexibility index (Phi) is 6.27. The second kappa shape index (κ2) is 9.27. The summed E-state index contributed by atoms with van der Waals surface area (Å²) in [6.07, 6.45) is 3.18. The highest BCUT2D eigenvalue weighted by Crippen LogP contribution is 2.32. The first-order chi connectivity index (χ1) is 15.4. The van der Waals surface area contributed by atoms with Crippen molar-refractivity contribution in [2.24, 2.45) is 0 Å². The normalized spacial score (nSPS) is 11.0. The highest BCUT2D eigenvalue weighted by molar-refractivity contribution is 8.00. The van der Waals surface area contributed by atoms with Crippen LogP contribution in [0.3, 0.4) is 0 Å². The Bertz CT molecular complexity index is 1280. The Balaban J connectivity index is 1.50. The molecule has 0 unspecified atom stereocenters. The lowest BCUT2D eigenvalue weighted by molar-refractivity contribution is -0.114. The monoisotopic (exact) mass is 449 g/mol. The van der Waals surface area contributed by atoms with Gasteiger partial charge in [0, 0.05) is 24.0 Å². The molecule has 0 radical (unpaired) electrons. The number of furan rings is 1. The largest absolute Gasteiger partial charge is 0.467 e. The van der Waals surface area contributed by atoms with Gasteiger partial charge in [-0.15, -0.1) is 0 Å². The smallest absolute Gasteiger partial charge is 0.234 e. The second-order valence-electron chi connectivity index (χ2n) is 7.35. The Hall–Kier alpha value is -3.59. The van der Waals surface area contributed by atoms with Gasteiger partial charge in [0.25, 0.3) is 0 Å². The van der Waals surface area contributed by atoms with Gasteiger partial charge in [-0.2, -0.15) is 0 Å². The molecule has 0 bridgehead atoms. The van der Waals surface area contributed by atoms with Crippen molar-refractivity contribution in [2.75, 3.05) is 16.4 Å². The lowest BCUT2D eigenvalue weighted by Crippen LogP contribution is -2.14. The van der Waals surface area contributed by atoms with E-state index in [0.717, 1.165) is 33.1 Å². The number of fused-ring (bicyclic) bond motifs is 1. The van der Waals surface area contributed by atoms with E-state index in [1.54, 1.807) is 30.5 Å². The van der Waals surface area contributed by atoms with Crippen molar-refractivity contribution >= 4 is 46.0 Å². The van der Waals surface area contributed by atoms with E-state index in [2.05, 4.69) is 25.2 Å². The number of aromatic nitrogens is 3. The van der Waals surface area contributed by atoms with Crippen LogP contribution in [0.1, 0.15) is 23.9 Å². The molecule has 2 amide bonds. The molecule has 0 atom stereocenters. The number of nitrogens with zero attached hydrogens (tertiary/aromatic N) is 3. The first kappa shape index (κ1) is 21.6. The van der Waals surface area contributed by atoms with Crippen LogP contribution in [0.4, 0.5) is 11.4 Å². The van der Waals surface area contributed by atoms with Gasteiger partial charge in [-0.25, -0.2) is 9.97 Å². The molecule has 0 aliphatic heterocycles. The molecular weight excluding hydrogens is 426 g/mol. The minimum atomic E-state index is -0.165. The van der Waals surface area contributed by atoms with E-state index in [4.69, 9.17) is 4.42 Å². The lowest BCUT2D eigenvalue weighted by atomic mass is 10.2. The number of carbonyl (C=O) groups excluding carboxylic acids is 2. The molecule has 0 fully saturated rings. The lowest BCUT2D eigenvalue weighted by Gasteiger charge is -2.08. The summed E-state index contributed by atoms with van der Waals surface area (Å²) in [7, 11) is 0. The van der Waals surface area contributed by atoms with Gasteiger partial charge in [-0.1, -0.05) is 17.8 Å². The van der Waals surface area contributed by atoms with Crippen molar-refractivity contribution in [2.45, 2.75) is 32.3 Å². The van der Waals surface area contributed by atoms with Crippen LogP contribution in [0, 0.1) is 13.8 Å². The summed E-state index contributed by atoms with van der Waals surface area (Å²) in [6, 6.07) is 10.8. The number of hydrogen-bond acceptors (Lipinski definition) is 6. The Labute approximate surface area is 189 Å². The maximum Gasteiger partial charge on any atom is 0.234 e. The van der Waals surface area contributed by atoms with Crippen LogP contribution in [0.15, 0.2) is 58.4 Å². The van der Waals surface area contributed by atoms with Crippen molar-refractivity contribution in [3.8, 4) is 0 Å². The second-order valence-corrected chi connectivity index (χ2v) is 8.32. The fraction of sp³-hybridized carbons (Fsp3) is 0.217. The summed E-state index contributed by atoms with van der Waals surface area (Å²) in [6.45, 7) is 6.10. The standard InChI is InChI=1S/C23H23N5O3S/c1-14-15(2)28(11-19-8-5-9-31-19)22-21(14)23(25-13-24-22)32-12-20(30)27-18-7-4-6-17(10-18)26-16(3)29/h4-10,13H,11-12H2,1-3H3,(H,26,29)(H,27,30). The molecule has 3 heterocycles. The number of rotatable bonds is 7. The van der Waals surface area contributed by atoms with Gasteiger partial charge >= 0.3 is 0 Å². The van der Waals surface area contributed by atoms with E-state index in [1.807, 2.05) is 26.0 Å². The molecule has 3 aromatic heterocycles. The molecule has 0 saturated heterocycles. The van der Waals surface area contributed by atoms with Gasteiger partial charge in [0.05, 0.1) is 23.9 Å². The number of benzene rings is 1. The zero-order valence-electron chi connectivity index (χ0n) is 18.0. The third-order valence-corrected chi connectivity index (χ3v) is 6.06. The average Bonchev–Trinajstić information content (AvgIpc) is 3.35. The predicted molar refractivity (Wildman–Crippen MR) is 125 cm³/mol. The predicted octanol–water partition coefficient (Wildman–Crippen LogP) is 4.38. The van der Waals surface area contributed by atoms with Gasteiger partial charge in [0.1, 0.15) is 22.8 Å². The fourth-order valence-electron chi connectivity index (χ4n) is 3.51. The number of aryl methyl sites for hydroxylation is 1. The third kappa shape index (κ3) is 4.67. The minimum Gasteiger partial charge on any atom is -0.467 e. The number of amides is 2. The molecule has 4 aromatic rings. The van der Waals surface area contributed by atoms with Crippen LogP contribution in [0.2, 0.25) is 0 Å². The number of nitrogens with one attached hydrogen (secondary N) is 2. The zero-order chi connectivity index (χ0) is 22.7. The SMILES string of the molecule is CC(=O)Nc1cccc(NC(=O)CSc2ncnc3c2c(C)c(C)n3Cc2ccco2)c1. The topological polar surface area (TPSA) is 102 Å². The summed E-state index contributed by atoms with van der Waals surface area (Å²) in [5.41, 5.74) is 4.23. The third-order valence-electron chi connectivity index (χ3n) is 5.07. The molecule has 9 heteroatoms. The first-order valence-corrected chi connectivity index (χ1v) is 11.0. The van der Waals surface area contributed by atoms with Gasteiger partial charge in [-0.3, -0.25) is 9.59 Å². The summed E-state index contributed by atoms with van der Waals surface area (Å²) >= 11 is 1.37. The van der Waals surface area contributed by atoms with Gasteiger partial charge in [0.15, 0.2) is 0 Å². The van der Waals surface area contributed by atoms with Crippen molar-refractivity contribution in [3.63, 3.8) is 0 Å². The molecule has 1 aromatic carbocycles. The van der Waals surface area contributed by atoms with Crippen molar-refractivity contribution in [3.05, 3.63) is 66.0 Å². The number of carbonyl (C=O) groups is 2. The molecule has 8 nitrogen and oxygen atoms in total. The zero-order valence-corrected chi connectivity index (χ0v) is 18.8. The van der Waals surface area contributed by atoms with Crippen LogP contribution < -0.4 is 10.6 Å². The van der Waals surface area contributed by atoms with Crippen LogP contribution in [0.5, 0.6) is 0 Å². The first-order valence-electron chi connectivity index (χ1n) is 10.1. The number of thioether (sulfide) groups is 1. The highest BCUT2D eigenvalue weighted by Gasteiger charge is 2.18. The number of hydrogen-bond donors (Lipinski definition) is 2. The molecule has 4 rings (SSSR count). The van der Waals surface area contributed by atoms with E-state index in [-0.39, 0.29) is 17.6 Å². The average molecular weight is 450 g/mol. The molecule has 32 heavy (non-hydrogen) atoms. The summed E-state index contributed by atoms with van der Waals surface area (Å²) in [4.78, 5) is 32.7. The summed E-state index contributed by atoms with van der Waals surface area (Å²) in [5, 5.41) is 7.27. The Morgan fingerprint density at radius 3 is 2.59 bits per heavy atom. The van der Waals surface area contributed by atoms with Crippen molar-refractivity contribution < 1.29 is 14.0 Å². The summed E-state index contributed by atoms with van der Waals surface area (Å²) in [5.74, 6) is 0.712. The molecule has 0 saturated carbocycles. The maximum absolute atomic E-state index is 12.5. The summed E-state index contributed by atoms with van der Waals surface area (Å²) < 4.78 is 7.60. The van der Waals surface area contributed by atoms with Crippen LogP contribution in [-0.2, 0) is 16.1 Å².